The lowest BCUT2D eigenvalue weighted by Crippen LogP contribution is -2.29. The lowest BCUT2D eigenvalue weighted by atomic mass is 10.0. The van der Waals surface area contributed by atoms with Gasteiger partial charge in [-0.05, 0) is 29.3 Å². The van der Waals surface area contributed by atoms with Crippen LogP contribution in [-0.2, 0) is 16.2 Å². The zero-order valence-electron chi connectivity index (χ0n) is 14.3. The molecule has 0 aliphatic carbocycles. The molecule has 5 heteroatoms. The van der Waals surface area contributed by atoms with E-state index in [9.17, 15) is 4.79 Å². The molecule has 2 aromatic carbocycles. The molecule has 1 aliphatic heterocycles. The molecule has 1 aliphatic rings. The van der Waals surface area contributed by atoms with Crippen LogP contribution in [0, 0.1) is 0 Å². The first kappa shape index (κ1) is 16.0. The topological polar surface area (TPSA) is 54.8 Å². The van der Waals surface area contributed by atoms with Gasteiger partial charge in [0.25, 0.3) is 5.91 Å². The second kappa shape index (κ2) is 6.80. The largest absolute Gasteiger partial charge is 0.398 e. The highest BCUT2D eigenvalue weighted by Gasteiger charge is 2.35. The zero-order chi connectivity index (χ0) is 17.9. The number of benzene rings is 2. The highest BCUT2D eigenvalue weighted by molar-refractivity contribution is 6.54. The van der Waals surface area contributed by atoms with E-state index in [1.807, 2.05) is 60.7 Å². The summed E-state index contributed by atoms with van der Waals surface area (Å²) in [6.07, 6.45) is 3.53. The summed E-state index contributed by atoms with van der Waals surface area (Å²) in [5.41, 5.74) is 4.96. The van der Waals surface area contributed by atoms with E-state index < -0.39 is 0 Å². The van der Waals surface area contributed by atoms with Gasteiger partial charge in [-0.1, -0.05) is 47.6 Å². The predicted molar refractivity (Wildman–Crippen MR) is 101 cm³/mol. The van der Waals surface area contributed by atoms with Gasteiger partial charge in [-0.15, -0.1) is 0 Å². The molecule has 0 radical (unpaired) electrons. The van der Waals surface area contributed by atoms with Crippen molar-refractivity contribution in [2.45, 2.75) is 6.54 Å². The van der Waals surface area contributed by atoms with Crippen LogP contribution in [0.3, 0.4) is 0 Å². The van der Waals surface area contributed by atoms with E-state index in [1.54, 1.807) is 17.3 Å². The number of fused-ring (bicyclic) bond motifs is 1. The maximum atomic E-state index is 12.9. The van der Waals surface area contributed by atoms with Crippen molar-refractivity contribution >= 4 is 17.3 Å². The first-order valence-corrected chi connectivity index (χ1v) is 8.29. The van der Waals surface area contributed by atoms with Crippen molar-refractivity contribution in [1.29, 1.82) is 0 Å². The van der Waals surface area contributed by atoms with Gasteiger partial charge < -0.3 is 9.74 Å². The number of oxime groups is 1. The van der Waals surface area contributed by atoms with Crippen LogP contribution < -0.4 is 4.90 Å². The van der Waals surface area contributed by atoms with Crippen molar-refractivity contribution in [3.8, 4) is 11.1 Å². The number of aromatic nitrogens is 1. The van der Waals surface area contributed by atoms with Gasteiger partial charge in [0.1, 0.15) is 7.11 Å². The summed E-state index contributed by atoms with van der Waals surface area (Å²) in [6.45, 7) is 0.488. The molecule has 0 saturated heterocycles. The van der Waals surface area contributed by atoms with Gasteiger partial charge >= 0.3 is 0 Å². The Morgan fingerprint density at radius 2 is 1.88 bits per heavy atom. The molecule has 26 heavy (non-hydrogen) atoms. The molecule has 0 fully saturated rings. The summed E-state index contributed by atoms with van der Waals surface area (Å²) in [6, 6.07) is 19.7. The van der Waals surface area contributed by atoms with E-state index in [4.69, 9.17) is 4.84 Å². The molecule has 0 saturated carbocycles. The molecule has 0 spiro atoms. The zero-order valence-corrected chi connectivity index (χ0v) is 14.3. The van der Waals surface area contributed by atoms with Crippen molar-refractivity contribution in [2.24, 2.45) is 5.16 Å². The maximum absolute atomic E-state index is 12.9. The lowest BCUT2D eigenvalue weighted by molar-refractivity contribution is -0.112. The molecular formula is C21H17N3O2. The van der Waals surface area contributed by atoms with Crippen LogP contribution in [0.4, 0.5) is 5.69 Å². The van der Waals surface area contributed by atoms with E-state index >= 15 is 0 Å². The molecule has 4 rings (SSSR count). The summed E-state index contributed by atoms with van der Waals surface area (Å²) >= 11 is 0. The minimum absolute atomic E-state index is 0.158. The van der Waals surface area contributed by atoms with Gasteiger partial charge in [0.2, 0.25) is 0 Å². The van der Waals surface area contributed by atoms with Crippen LogP contribution in [0.2, 0.25) is 0 Å². The van der Waals surface area contributed by atoms with Crippen molar-refractivity contribution < 1.29 is 9.63 Å². The Hall–Kier alpha value is -3.47. The predicted octanol–water partition coefficient (Wildman–Crippen LogP) is 3.65. The normalized spacial score (nSPS) is 14.6. The Kier molecular flexibility index (Phi) is 4.19. The van der Waals surface area contributed by atoms with Crippen LogP contribution in [0.5, 0.6) is 0 Å². The van der Waals surface area contributed by atoms with Gasteiger partial charge in [-0.25, -0.2) is 0 Å². The van der Waals surface area contributed by atoms with Crippen LogP contribution in [0.25, 0.3) is 11.1 Å². The molecule has 0 atom stereocenters. The number of hydrogen-bond acceptors (Lipinski definition) is 4. The summed E-state index contributed by atoms with van der Waals surface area (Å²) in [5, 5.41) is 3.98. The Labute approximate surface area is 151 Å². The van der Waals surface area contributed by atoms with Crippen molar-refractivity contribution in [3.05, 3.63) is 84.2 Å². The molecule has 5 nitrogen and oxygen atoms in total. The first-order valence-electron chi connectivity index (χ1n) is 8.29. The monoisotopic (exact) mass is 343 g/mol. The van der Waals surface area contributed by atoms with E-state index in [0.717, 1.165) is 27.9 Å². The van der Waals surface area contributed by atoms with Crippen molar-refractivity contribution in [3.63, 3.8) is 0 Å². The Balaban J connectivity index is 1.78. The minimum atomic E-state index is -0.158. The fraction of sp³-hybridized carbons (Fsp3) is 0.0952. The van der Waals surface area contributed by atoms with Crippen molar-refractivity contribution in [1.82, 2.24) is 4.98 Å². The Morgan fingerprint density at radius 1 is 1.04 bits per heavy atom. The second-order valence-electron chi connectivity index (χ2n) is 5.97. The number of pyridine rings is 1. The standard InChI is InChI=1S/C21H17N3O2/c1-26-23-20-18-12-16(17-8-5-11-22-13-17)9-10-19(18)24(21(20)25)14-15-6-3-2-4-7-15/h2-13H,14H2,1H3/b23-20-. The molecule has 0 bridgehead atoms. The highest BCUT2D eigenvalue weighted by Crippen LogP contribution is 2.34. The molecule has 0 unspecified atom stereocenters. The Morgan fingerprint density at radius 3 is 2.62 bits per heavy atom. The van der Waals surface area contributed by atoms with Crippen LogP contribution in [0.1, 0.15) is 11.1 Å². The third kappa shape index (κ3) is 2.84. The molecule has 2 heterocycles. The first-order chi connectivity index (χ1) is 12.8. The van der Waals surface area contributed by atoms with Gasteiger partial charge in [-0.3, -0.25) is 9.78 Å². The number of amides is 1. The summed E-state index contributed by atoms with van der Waals surface area (Å²) < 4.78 is 0. The van der Waals surface area contributed by atoms with Gasteiger partial charge in [0.15, 0.2) is 5.71 Å². The number of anilines is 1. The van der Waals surface area contributed by atoms with Crippen LogP contribution in [-0.4, -0.2) is 23.7 Å². The second-order valence-corrected chi connectivity index (χ2v) is 5.97. The highest BCUT2D eigenvalue weighted by atomic mass is 16.6. The number of rotatable bonds is 4. The third-order valence-electron chi connectivity index (χ3n) is 4.35. The summed E-state index contributed by atoms with van der Waals surface area (Å²) in [7, 11) is 1.45. The number of carbonyl (C=O) groups is 1. The fourth-order valence-electron chi connectivity index (χ4n) is 3.13. The molecule has 1 aromatic heterocycles. The average molecular weight is 343 g/mol. The smallest absolute Gasteiger partial charge is 0.281 e. The fourth-order valence-corrected chi connectivity index (χ4v) is 3.13. The molecule has 0 N–H and O–H groups in total. The Bertz CT molecular complexity index is 969. The summed E-state index contributed by atoms with van der Waals surface area (Å²) in [4.78, 5) is 23.7. The van der Waals surface area contributed by atoms with E-state index in [-0.39, 0.29) is 5.91 Å². The minimum Gasteiger partial charge on any atom is -0.398 e. The lowest BCUT2D eigenvalue weighted by Gasteiger charge is -2.17. The van der Waals surface area contributed by atoms with Gasteiger partial charge in [0.05, 0.1) is 12.2 Å². The SMILES string of the molecule is CO/N=C1\C(=O)N(Cc2ccccc2)c2ccc(-c3cccnc3)cc21. The quantitative estimate of drug-likeness (QED) is 0.680. The van der Waals surface area contributed by atoms with Gasteiger partial charge in [0, 0.05) is 23.5 Å². The van der Waals surface area contributed by atoms with E-state index in [0.29, 0.717) is 12.3 Å². The summed E-state index contributed by atoms with van der Waals surface area (Å²) in [5.74, 6) is -0.158. The molecule has 1 amide bonds. The maximum Gasteiger partial charge on any atom is 0.281 e. The van der Waals surface area contributed by atoms with Crippen LogP contribution >= 0.6 is 0 Å². The third-order valence-corrected chi connectivity index (χ3v) is 4.35. The number of nitrogens with zero attached hydrogens (tertiary/aromatic N) is 3. The number of hydrogen-bond donors (Lipinski definition) is 0. The van der Waals surface area contributed by atoms with E-state index in [2.05, 4.69) is 10.1 Å². The molecular weight excluding hydrogens is 326 g/mol. The molecule has 128 valence electrons. The number of carbonyl (C=O) groups excluding carboxylic acids is 1. The van der Waals surface area contributed by atoms with Crippen molar-refractivity contribution in [2.75, 3.05) is 12.0 Å². The van der Waals surface area contributed by atoms with Crippen LogP contribution in [0.15, 0.2) is 78.2 Å². The van der Waals surface area contributed by atoms with E-state index in [1.165, 1.54) is 7.11 Å². The average Bonchev–Trinajstić information content (AvgIpc) is 2.95. The van der Waals surface area contributed by atoms with Gasteiger partial charge in [-0.2, -0.15) is 0 Å². The molecule has 3 aromatic rings.